The van der Waals surface area contributed by atoms with Crippen molar-refractivity contribution in [1.29, 1.82) is 0 Å². The molecule has 1 heterocycles. The topological polar surface area (TPSA) is 78.5 Å². The number of nitrogens with one attached hydrogen (secondary N) is 2. The van der Waals surface area contributed by atoms with E-state index in [0.29, 0.717) is 24.2 Å². The minimum atomic E-state index is -3.17. The van der Waals surface area contributed by atoms with E-state index in [2.05, 4.69) is 14.9 Å². The van der Waals surface area contributed by atoms with E-state index in [9.17, 15) is 17.6 Å². The Labute approximate surface area is 142 Å². The van der Waals surface area contributed by atoms with Crippen molar-refractivity contribution in [2.45, 2.75) is 32.2 Å². The Bertz CT molecular complexity index is 686. The summed E-state index contributed by atoms with van der Waals surface area (Å²) in [6.45, 7) is 3.77. The number of aryl methyl sites for hydroxylation is 1. The maximum absolute atomic E-state index is 13.5. The van der Waals surface area contributed by atoms with E-state index in [1.807, 2.05) is 0 Å². The monoisotopic (exact) mass is 357 g/mol. The third-order valence-electron chi connectivity index (χ3n) is 4.08. The van der Waals surface area contributed by atoms with Gasteiger partial charge in [0.15, 0.2) is 0 Å². The van der Waals surface area contributed by atoms with E-state index in [4.69, 9.17) is 0 Å². The number of carbonyl (C=O) groups is 1. The second-order valence-electron chi connectivity index (χ2n) is 6.27. The van der Waals surface area contributed by atoms with Gasteiger partial charge in [-0.2, -0.15) is 0 Å². The van der Waals surface area contributed by atoms with Crippen LogP contribution in [0.2, 0.25) is 0 Å². The van der Waals surface area contributed by atoms with Gasteiger partial charge in [0.25, 0.3) is 0 Å². The molecule has 0 aromatic heterocycles. The smallest absolute Gasteiger partial charge is 0.225 e. The van der Waals surface area contributed by atoms with Gasteiger partial charge in [-0.3, -0.25) is 4.79 Å². The third kappa shape index (κ3) is 6.18. The van der Waals surface area contributed by atoms with Gasteiger partial charge in [-0.25, -0.2) is 17.5 Å². The van der Waals surface area contributed by atoms with Crippen molar-refractivity contribution in [1.82, 2.24) is 9.62 Å². The molecule has 1 aromatic rings. The Morgan fingerprint density at radius 3 is 2.58 bits per heavy atom. The highest BCUT2D eigenvalue weighted by Crippen LogP contribution is 2.15. The first-order valence-electron chi connectivity index (χ1n) is 7.98. The summed E-state index contributed by atoms with van der Waals surface area (Å²) in [5.41, 5.74) is 0.998. The van der Waals surface area contributed by atoms with Crippen LogP contribution in [-0.2, 0) is 14.8 Å². The zero-order valence-corrected chi connectivity index (χ0v) is 14.8. The SMILES string of the molecule is Cc1ccc(NC(=O)CCN2CCC(NS(C)(=O)=O)CC2)cc1F. The van der Waals surface area contributed by atoms with Gasteiger partial charge in [0.1, 0.15) is 5.82 Å². The molecule has 1 aromatic carbocycles. The lowest BCUT2D eigenvalue weighted by atomic mass is 10.1. The van der Waals surface area contributed by atoms with Crippen LogP contribution in [-0.4, -0.2) is 51.2 Å². The van der Waals surface area contributed by atoms with Crippen molar-refractivity contribution < 1.29 is 17.6 Å². The van der Waals surface area contributed by atoms with Gasteiger partial charge >= 0.3 is 0 Å². The normalized spacial score (nSPS) is 17.0. The number of carbonyl (C=O) groups excluding carboxylic acids is 1. The molecular formula is C16H24FN3O3S. The number of hydrogen-bond acceptors (Lipinski definition) is 4. The summed E-state index contributed by atoms with van der Waals surface area (Å²) in [5, 5.41) is 2.69. The van der Waals surface area contributed by atoms with Crippen LogP contribution in [0.5, 0.6) is 0 Å². The van der Waals surface area contributed by atoms with Gasteiger partial charge in [-0.1, -0.05) is 6.07 Å². The first-order valence-corrected chi connectivity index (χ1v) is 9.88. The molecule has 1 aliphatic heterocycles. The maximum Gasteiger partial charge on any atom is 0.225 e. The first kappa shape index (κ1) is 18.8. The van der Waals surface area contributed by atoms with Crippen LogP contribution in [0.25, 0.3) is 0 Å². The standard InChI is InChI=1S/C16H24FN3O3S/c1-12-3-4-14(11-15(12)17)18-16(21)7-10-20-8-5-13(6-9-20)19-24(2,22)23/h3-4,11,13,19H,5-10H2,1-2H3,(H,18,21). The van der Waals surface area contributed by atoms with Gasteiger partial charge in [-0.15, -0.1) is 0 Å². The molecule has 8 heteroatoms. The van der Waals surface area contributed by atoms with Crippen molar-refractivity contribution >= 4 is 21.6 Å². The lowest BCUT2D eigenvalue weighted by Gasteiger charge is -2.31. The van der Waals surface area contributed by atoms with Crippen molar-refractivity contribution in [2.75, 3.05) is 31.2 Å². The van der Waals surface area contributed by atoms with Crippen molar-refractivity contribution in [3.05, 3.63) is 29.6 Å². The third-order valence-corrected chi connectivity index (χ3v) is 4.84. The van der Waals surface area contributed by atoms with Crippen LogP contribution < -0.4 is 10.0 Å². The molecule has 0 saturated carbocycles. The molecule has 0 atom stereocenters. The van der Waals surface area contributed by atoms with E-state index >= 15 is 0 Å². The van der Waals surface area contributed by atoms with Gasteiger partial charge in [0.05, 0.1) is 6.26 Å². The minimum Gasteiger partial charge on any atom is -0.326 e. The molecule has 0 spiro atoms. The summed E-state index contributed by atoms with van der Waals surface area (Å²) in [7, 11) is -3.17. The van der Waals surface area contributed by atoms with E-state index in [-0.39, 0.29) is 17.8 Å². The maximum atomic E-state index is 13.5. The quantitative estimate of drug-likeness (QED) is 0.808. The van der Waals surface area contributed by atoms with Crippen LogP contribution in [0.3, 0.4) is 0 Å². The number of halogens is 1. The summed E-state index contributed by atoms with van der Waals surface area (Å²) in [4.78, 5) is 14.1. The Hall–Kier alpha value is -1.51. The fraction of sp³-hybridized carbons (Fsp3) is 0.562. The van der Waals surface area contributed by atoms with E-state index in [1.165, 1.54) is 6.07 Å². The Morgan fingerprint density at radius 1 is 1.33 bits per heavy atom. The molecule has 0 aliphatic carbocycles. The zero-order chi connectivity index (χ0) is 17.7. The number of piperidine rings is 1. The second-order valence-corrected chi connectivity index (χ2v) is 8.05. The van der Waals surface area contributed by atoms with Crippen molar-refractivity contribution in [3.8, 4) is 0 Å². The number of nitrogens with zero attached hydrogens (tertiary/aromatic N) is 1. The molecule has 1 aliphatic rings. The molecule has 2 N–H and O–H groups in total. The van der Waals surface area contributed by atoms with Crippen LogP contribution in [0, 0.1) is 12.7 Å². The molecule has 1 fully saturated rings. The lowest BCUT2D eigenvalue weighted by molar-refractivity contribution is -0.116. The molecule has 2 rings (SSSR count). The predicted octanol–water partition coefficient (Wildman–Crippen LogP) is 1.48. The molecule has 24 heavy (non-hydrogen) atoms. The van der Waals surface area contributed by atoms with E-state index < -0.39 is 10.0 Å². The fourth-order valence-corrected chi connectivity index (χ4v) is 3.57. The molecular weight excluding hydrogens is 333 g/mol. The number of amides is 1. The average Bonchev–Trinajstić information content (AvgIpc) is 2.49. The van der Waals surface area contributed by atoms with Crippen LogP contribution in [0.4, 0.5) is 10.1 Å². The molecule has 1 saturated heterocycles. The van der Waals surface area contributed by atoms with Gasteiger partial charge in [-0.05, 0) is 50.6 Å². The highest BCUT2D eigenvalue weighted by Gasteiger charge is 2.21. The number of hydrogen-bond donors (Lipinski definition) is 2. The molecule has 134 valence electrons. The molecule has 0 radical (unpaired) electrons. The van der Waals surface area contributed by atoms with Crippen LogP contribution in [0.1, 0.15) is 24.8 Å². The number of likely N-dealkylation sites (tertiary alicyclic amines) is 1. The summed E-state index contributed by atoms with van der Waals surface area (Å²) in [6.07, 6.45) is 2.95. The average molecular weight is 357 g/mol. The Balaban J connectivity index is 1.72. The summed E-state index contributed by atoms with van der Waals surface area (Å²) >= 11 is 0. The van der Waals surface area contributed by atoms with Crippen LogP contribution in [0.15, 0.2) is 18.2 Å². The lowest BCUT2D eigenvalue weighted by Crippen LogP contribution is -2.44. The van der Waals surface area contributed by atoms with E-state index in [1.54, 1.807) is 19.1 Å². The number of anilines is 1. The predicted molar refractivity (Wildman–Crippen MR) is 91.8 cm³/mol. The fourth-order valence-electron chi connectivity index (χ4n) is 2.73. The molecule has 1 amide bonds. The summed E-state index contributed by atoms with van der Waals surface area (Å²) < 4.78 is 38.5. The van der Waals surface area contributed by atoms with E-state index in [0.717, 1.165) is 32.2 Å². The summed E-state index contributed by atoms with van der Waals surface area (Å²) in [6, 6.07) is 4.60. The highest BCUT2D eigenvalue weighted by atomic mass is 32.2. The van der Waals surface area contributed by atoms with Crippen LogP contribution >= 0.6 is 0 Å². The largest absolute Gasteiger partial charge is 0.326 e. The Kier molecular flexibility index (Phi) is 6.31. The number of sulfonamides is 1. The number of rotatable bonds is 6. The number of benzene rings is 1. The summed E-state index contributed by atoms with van der Waals surface area (Å²) in [5.74, 6) is -0.497. The minimum absolute atomic E-state index is 0.0272. The zero-order valence-electron chi connectivity index (χ0n) is 14.0. The molecule has 6 nitrogen and oxygen atoms in total. The van der Waals surface area contributed by atoms with Crippen molar-refractivity contribution in [2.24, 2.45) is 0 Å². The highest BCUT2D eigenvalue weighted by molar-refractivity contribution is 7.88. The van der Waals surface area contributed by atoms with Gasteiger partial charge < -0.3 is 10.2 Å². The van der Waals surface area contributed by atoms with Crippen molar-refractivity contribution in [3.63, 3.8) is 0 Å². The first-order chi connectivity index (χ1) is 11.2. The molecule has 0 unspecified atom stereocenters. The molecule has 0 bridgehead atoms. The Morgan fingerprint density at radius 2 is 2.00 bits per heavy atom. The van der Waals surface area contributed by atoms with Gasteiger partial charge in [0, 0.05) is 24.7 Å². The van der Waals surface area contributed by atoms with Gasteiger partial charge in [0.2, 0.25) is 15.9 Å². The second kappa shape index (κ2) is 8.04.